The van der Waals surface area contributed by atoms with E-state index in [-0.39, 0.29) is 0 Å². The van der Waals surface area contributed by atoms with E-state index in [1.165, 1.54) is 10.6 Å². The van der Waals surface area contributed by atoms with Crippen molar-refractivity contribution in [2.45, 2.75) is 17.5 Å². The Morgan fingerprint density at radius 3 is 2.62 bits per heavy atom. The van der Waals surface area contributed by atoms with E-state index in [0.29, 0.717) is 6.61 Å². The Hall–Kier alpha value is -0.710. The SMILES string of the molecule is CSc1ccc(N2CCOC(C)(N)C2)cc1. The molecule has 4 heteroatoms. The highest BCUT2D eigenvalue weighted by Gasteiger charge is 2.27. The minimum atomic E-state index is -0.531. The molecule has 0 spiro atoms. The van der Waals surface area contributed by atoms with Crippen molar-refractivity contribution >= 4 is 17.4 Å². The van der Waals surface area contributed by atoms with Crippen molar-refractivity contribution in [2.75, 3.05) is 30.9 Å². The summed E-state index contributed by atoms with van der Waals surface area (Å²) in [6.45, 7) is 4.27. The van der Waals surface area contributed by atoms with Crippen LogP contribution in [0.3, 0.4) is 0 Å². The molecular formula is C12H18N2OS. The molecule has 2 N–H and O–H groups in total. The van der Waals surface area contributed by atoms with Crippen LogP contribution in [-0.2, 0) is 4.74 Å². The van der Waals surface area contributed by atoms with E-state index in [1.807, 2.05) is 6.92 Å². The van der Waals surface area contributed by atoms with Crippen LogP contribution in [0.5, 0.6) is 0 Å². The molecule has 1 aromatic carbocycles. The molecule has 0 radical (unpaired) electrons. The lowest BCUT2D eigenvalue weighted by Crippen LogP contribution is -2.55. The fourth-order valence-electron chi connectivity index (χ4n) is 1.91. The summed E-state index contributed by atoms with van der Waals surface area (Å²) in [6, 6.07) is 8.58. The average molecular weight is 238 g/mol. The summed E-state index contributed by atoms with van der Waals surface area (Å²) in [5.74, 6) is 0. The minimum absolute atomic E-state index is 0.531. The van der Waals surface area contributed by atoms with Crippen molar-refractivity contribution in [3.63, 3.8) is 0 Å². The highest BCUT2D eigenvalue weighted by Crippen LogP contribution is 2.23. The van der Waals surface area contributed by atoms with Crippen LogP contribution < -0.4 is 10.6 Å². The molecule has 0 bridgehead atoms. The lowest BCUT2D eigenvalue weighted by atomic mass is 10.2. The summed E-state index contributed by atoms with van der Waals surface area (Å²) in [7, 11) is 0. The summed E-state index contributed by atoms with van der Waals surface area (Å²) in [6.07, 6.45) is 2.08. The lowest BCUT2D eigenvalue weighted by Gasteiger charge is -2.39. The molecule has 16 heavy (non-hydrogen) atoms. The van der Waals surface area contributed by atoms with Crippen LogP contribution in [0.2, 0.25) is 0 Å². The molecule has 88 valence electrons. The van der Waals surface area contributed by atoms with Crippen LogP contribution in [0.25, 0.3) is 0 Å². The second-order valence-corrected chi connectivity index (χ2v) is 5.16. The summed E-state index contributed by atoms with van der Waals surface area (Å²) >= 11 is 1.76. The number of morpholine rings is 1. The quantitative estimate of drug-likeness (QED) is 0.799. The van der Waals surface area contributed by atoms with E-state index in [0.717, 1.165) is 13.1 Å². The van der Waals surface area contributed by atoms with Gasteiger partial charge in [0.2, 0.25) is 0 Å². The first kappa shape index (κ1) is 11.8. The molecular weight excluding hydrogens is 220 g/mol. The third-order valence-electron chi connectivity index (χ3n) is 2.74. The van der Waals surface area contributed by atoms with Crippen molar-refractivity contribution in [2.24, 2.45) is 5.73 Å². The van der Waals surface area contributed by atoms with Crippen molar-refractivity contribution in [1.82, 2.24) is 0 Å². The van der Waals surface area contributed by atoms with Crippen LogP contribution in [0.4, 0.5) is 5.69 Å². The van der Waals surface area contributed by atoms with E-state index in [9.17, 15) is 0 Å². The van der Waals surface area contributed by atoms with Gasteiger partial charge in [0.25, 0.3) is 0 Å². The van der Waals surface area contributed by atoms with Crippen LogP contribution in [0.15, 0.2) is 29.2 Å². The third kappa shape index (κ3) is 2.70. The molecule has 0 aromatic heterocycles. The van der Waals surface area contributed by atoms with Gasteiger partial charge in [0, 0.05) is 17.1 Å². The van der Waals surface area contributed by atoms with E-state index in [4.69, 9.17) is 10.5 Å². The van der Waals surface area contributed by atoms with Crippen molar-refractivity contribution in [3.8, 4) is 0 Å². The molecule has 1 unspecified atom stereocenters. The normalized spacial score (nSPS) is 25.8. The number of benzene rings is 1. The Balaban J connectivity index is 2.11. The topological polar surface area (TPSA) is 38.5 Å². The Morgan fingerprint density at radius 1 is 1.38 bits per heavy atom. The van der Waals surface area contributed by atoms with Crippen LogP contribution in [-0.4, -0.2) is 31.7 Å². The molecule has 1 atom stereocenters. The van der Waals surface area contributed by atoms with Crippen LogP contribution >= 0.6 is 11.8 Å². The standard InChI is InChI=1S/C12H18N2OS/c1-12(13)9-14(7-8-15-12)10-3-5-11(16-2)6-4-10/h3-6H,7-9,13H2,1-2H3. The van der Waals surface area contributed by atoms with E-state index in [1.54, 1.807) is 11.8 Å². The first-order chi connectivity index (χ1) is 7.61. The van der Waals surface area contributed by atoms with Crippen molar-refractivity contribution in [1.29, 1.82) is 0 Å². The maximum atomic E-state index is 5.99. The second-order valence-electron chi connectivity index (χ2n) is 4.28. The zero-order valence-electron chi connectivity index (χ0n) is 9.77. The van der Waals surface area contributed by atoms with Gasteiger partial charge in [0.15, 0.2) is 0 Å². The molecule has 0 amide bonds. The largest absolute Gasteiger partial charge is 0.365 e. The van der Waals surface area contributed by atoms with Gasteiger partial charge in [-0.1, -0.05) is 0 Å². The Morgan fingerprint density at radius 2 is 2.06 bits per heavy atom. The second kappa shape index (κ2) is 4.65. The van der Waals surface area contributed by atoms with Crippen molar-refractivity contribution < 1.29 is 4.74 Å². The van der Waals surface area contributed by atoms with Gasteiger partial charge < -0.3 is 15.4 Å². The monoisotopic (exact) mass is 238 g/mol. The minimum Gasteiger partial charge on any atom is -0.365 e. The number of hydrogen-bond donors (Lipinski definition) is 1. The van der Waals surface area contributed by atoms with Crippen LogP contribution in [0, 0.1) is 0 Å². The van der Waals surface area contributed by atoms with Crippen molar-refractivity contribution in [3.05, 3.63) is 24.3 Å². The molecule has 2 rings (SSSR count). The molecule has 0 saturated carbocycles. The average Bonchev–Trinajstić information content (AvgIpc) is 2.28. The van der Waals surface area contributed by atoms with Gasteiger partial charge in [-0.25, -0.2) is 0 Å². The Bertz CT molecular complexity index is 351. The third-order valence-corrected chi connectivity index (χ3v) is 3.48. The number of nitrogens with two attached hydrogens (primary N) is 1. The van der Waals surface area contributed by atoms with Gasteiger partial charge in [0.05, 0.1) is 13.2 Å². The number of hydrogen-bond acceptors (Lipinski definition) is 4. The highest BCUT2D eigenvalue weighted by atomic mass is 32.2. The van der Waals surface area contributed by atoms with E-state index >= 15 is 0 Å². The summed E-state index contributed by atoms with van der Waals surface area (Å²) in [5.41, 5.74) is 6.68. The predicted octanol–water partition coefficient (Wildman–Crippen LogP) is 1.92. The Labute approximate surface area is 101 Å². The molecule has 3 nitrogen and oxygen atoms in total. The zero-order valence-corrected chi connectivity index (χ0v) is 10.6. The van der Waals surface area contributed by atoms with Gasteiger partial charge in [-0.3, -0.25) is 0 Å². The number of nitrogens with zero attached hydrogens (tertiary/aromatic N) is 1. The molecule has 1 fully saturated rings. The smallest absolute Gasteiger partial charge is 0.131 e. The first-order valence-electron chi connectivity index (χ1n) is 5.42. The zero-order chi connectivity index (χ0) is 11.6. The van der Waals surface area contributed by atoms with Gasteiger partial charge in [-0.2, -0.15) is 0 Å². The number of rotatable bonds is 2. The Kier molecular flexibility index (Phi) is 3.42. The maximum absolute atomic E-state index is 5.99. The number of anilines is 1. The molecule has 1 aromatic rings. The molecule has 0 aliphatic carbocycles. The van der Waals surface area contributed by atoms with E-state index < -0.39 is 5.72 Å². The predicted molar refractivity (Wildman–Crippen MR) is 69.0 cm³/mol. The van der Waals surface area contributed by atoms with E-state index in [2.05, 4.69) is 35.4 Å². The van der Waals surface area contributed by atoms with Gasteiger partial charge in [-0.15, -0.1) is 11.8 Å². The maximum Gasteiger partial charge on any atom is 0.131 e. The summed E-state index contributed by atoms with van der Waals surface area (Å²) in [4.78, 5) is 3.56. The van der Waals surface area contributed by atoms with Gasteiger partial charge in [0.1, 0.15) is 5.72 Å². The fraction of sp³-hybridized carbons (Fsp3) is 0.500. The van der Waals surface area contributed by atoms with Gasteiger partial charge >= 0.3 is 0 Å². The van der Waals surface area contributed by atoms with Crippen LogP contribution in [0.1, 0.15) is 6.92 Å². The number of thioether (sulfide) groups is 1. The molecule has 1 aliphatic heterocycles. The lowest BCUT2D eigenvalue weighted by molar-refractivity contribution is -0.0370. The van der Waals surface area contributed by atoms with Gasteiger partial charge in [-0.05, 0) is 37.4 Å². The summed E-state index contributed by atoms with van der Waals surface area (Å²) in [5, 5.41) is 0. The number of ether oxygens (including phenoxy) is 1. The highest BCUT2D eigenvalue weighted by molar-refractivity contribution is 7.98. The molecule has 1 aliphatic rings. The molecule has 1 heterocycles. The molecule has 1 saturated heterocycles. The fourth-order valence-corrected chi connectivity index (χ4v) is 2.31. The summed E-state index contributed by atoms with van der Waals surface area (Å²) < 4.78 is 5.49. The first-order valence-corrected chi connectivity index (χ1v) is 6.65.